The molecule has 25 heavy (non-hydrogen) atoms. The Morgan fingerprint density at radius 1 is 1.00 bits per heavy atom. The van der Waals surface area contributed by atoms with E-state index < -0.39 is 0 Å². The van der Waals surface area contributed by atoms with Crippen LogP contribution in [0.4, 0.5) is 0 Å². The Hall–Kier alpha value is -3.00. The molecule has 0 N–H and O–H groups in total. The molecule has 0 bridgehead atoms. The fourth-order valence-corrected chi connectivity index (χ4v) is 2.98. The maximum atomic E-state index is 13.1. The van der Waals surface area contributed by atoms with Crippen LogP contribution in [0.3, 0.4) is 0 Å². The number of fused-ring (bicyclic) bond motifs is 1. The maximum Gasteiger partial charge on any atom is 0.189 e. The lowest BCUT2D eigenvalue weighted by Gasteiger charge is -2.12. The largest absolute Gasteiger partial charge is 0.289 e. The van der Waals surface area contributed by atoms with Gasteiger partial charge >= 0.3 is 0 Å². The molecule has 0 atom stereocenters. The summed E-state index contributed by atoms with van der Waals surface area (Å²) in [6.45, 7) is 3.99. The van der Waals surface area contributed by atoms with Gasteiger partial charge < -0.3 is 0 Å². The molecular weight excluding hydrogens is 306 g/mol. The average molecular weight is 327 g/mol. The zero-order valence-electron chi connectivity index (χ0n) is 14.6. The summed E-state index contributed by atoms with van der Waals surface area (Å²) in [6.07, 6.45) is 6.41. The Balaban J connectivity index is 2.17. The number of hydrogen-bond donors (Lipinski definition) is 0. The number of Topliss-reactive ketones (excluding diaryl/α,β-unsaturated/α-hetero) is 1. The van der Waals surface area contributed by atoms with E-state index in [1.807, 2.05) is 86.7 Å². The fourth-order valence-electron chi connectivity index (χ4n) is 2.98. The van der Waals surface area contributed by atoms with Crippen molar-refractivity contribution in [2.24, 2.45) is 0 Å². The summed E-state index contributed by atoms with van der Waals surface area (Å²) < 4.78 is 0. The Labute approximate surface area is 148 Å². The standard InChI is InChI=1S/C23H21NO/c1-3-4-14-21(23(25)19-10-6-5-7-11-19)17(2)20-15-8-12-18-13-9-16-24-22(18)20/h3-13,15-16H,14H2,1-2H3. The van der Waals surface area contributed by atoms with Crippen molar-refractivity contribution in [1.29, 1.82) is 0 Å². The van der Waals surface area contributed by atoms with Gasteiger partial charge in [-0.15, -0.1) is 0 Å². The third kappa shape index (κ3) is 3.58. The molecule has 1 aromatic heterocycles. The van der Waals surface area contributed by atoms with Gasteiger partial charge in [-0.3, -0.25) is 9.78 Å². The molecule has 124 valence electrons. The number of allylic oxidation sites excluding steroid dienone is 4. The first kappa shape index (κ1) is 16.8. The van der Waals surface area contributed by atoms with E-state index in [2.05, 4.69) is 4.98 Å². The first-order valence-electron chi connectivity index (χ1n) is 8.47. The van der Waals surface area contributed by atoms with Crippen LogP contribution in [0.1, 0.15) is 36.2 Å². The Morgan fingerprint density at radius 2 is 1.76 bits per heavy atom. The highest BCUT2D eigenvalue weighted by atomic mass is 16.1. The van der Waals surface area contributed by atoms with Gasteiger partial charge in [0.1, 0.15) is 0 Å². The van der Waals surface area contributed by atoms with E-state index in [4.69, 9.17) is 0 Å². The molecule has 0 spiro atoms. The number of benzene rings is 2. The number of para-hydroxylation sites is 1. The maximum absolute atomic E-state index is 13.1. The topological polar surface area (TPSA) is 30.0 Å². The molecule has 0 radical (unpaired) electrons. The lowest BCUT2D eigenvalue weighted by molar-refractivity contribution is 0.103. The van der Waals surface area contributed by atoms with Crippen molar-refractivity contribution >= 4 is 22.3 Å². The molecule has 1 heterocycles. The molecule has 3 aromatic rings. The summed E-state index contributed by atoms with van der Waals surface area (Å²) in [5.74, 6) is 0.0733. The highest BCUT2D eigenvalue weighted by molar-refractivity contribution is 6.14. The second-order valence-electron chi connectivity index (χ2n) is 5.95. The van der Waals surface area contributed by atoms with E-state index in [-0.39, 0.29) is 5.78 Å². The minimum atomic E-state index is 0.0733. The van der Waals surface area contributed by atoms with Gasteiger partial charge in [0.2, 0.25) is 0 Å². The smallest absolute Gasteiger partial charge is 0.189 e. The molecule has 0 aliphatic rings. The van der Waals surface area contributed by atoms with Gasteiger partial charge in [-0.05, 0) is 31.9 Å². The first-order chi connectivity index (χ1) is 12.2. The van der Waals surface area contributed by atoms with Crippen molar-refractivity contribution < 1.29 is 4.79 Å². The Kier molecular flexibility index (Phi) is 5.20. The van der Waals surface area contributed by atoms with Crippen molar-refractivity contribution in [3.8, 4) is 0 Å². The Morgan fingerprint density at radius 3 is 2.52 bits per heavy atom. The second kappa shape index (κ2) is 7.71. The number of carbonyl (C=O) groups excluding carboxylic acids is 1. The van der Waals surface area contributed by atoms with Crippen LogP contribution in [0.5, 0.6) is 0 Å². The van der Waals surface area contributed by atoms with Gasteiger partial charge in [-0.25, -0.2) is 0 Å². The lowest BCUT2D eigenvalue weighted by atomic mass is 9.91. The molecule has 3 rings (SSSR count). The molecule has 2 heteroatoms. The van der Waals surface area contributed by atoms with Crippen molar-refractivity contribution in [3.63, 3.8) is 0 Å². The van der Waals surface area contributed by atoms with E-state index in [9.17, 15) is 4.79 Å². The van der Waals surface area contributed by atoms with Crippen molar-refractivity contribution in [3.05, 3.63) is 95.7 Å². The van der Waals surface area contributed by atoms with Gasteiger partial charge in [0.15, 0.2) is 5.78 Å². The molecule has 0 saturated carbocycles. The van der Waals surface area contributed by atoms with Crippen LogP contribution in [0, 0.1) is 0 Å². The van der Waals surface area contributed by atoms with E-state index in [1.54, 1.807) is 6.20 Å². The average Bonchev–Trinajstić information content (AvgIpc) is 2.68. The molecular formula is C23H21NO. The summed E-state index contributed by atoms with van der Waals surface area (Å²) in [7, 11) is 0. The van der Waals surface area contributed by atoms with Crippen molar-refractivity contribution in [1.82, 2.24) is 4.98 Å². The molecule has 2 nitrogen and oxygen atoms in total. The molecule has 0 aliphatic heterocycles. The van der Waals surface area contributed by atoms with Gasteiger partial charge in [0.05, 0.1) is 5.52 Å². The number of hydrogen-bond acceptors (Lipinski definition) is 2. The molecule has 0 unspecified atom stereocenters. The molecule has 0 aliphatic carbocycles. The summed E-state index contributed by atoms with van der Waals surface area (Å²) in [6, 6.07) is 19.5. The van der Waals surface area contributed by atoms with Crippen LogP contribution in [-0.2, 0) is 0 Å². The third-order valence-corrected chi connectivity index (χ3v) is 4.36. The summed E-state index contributed by atoms with van der Waals surface area (Å²) in [5.41, 5.74) is 4.46. The number of nitrogens with zero attached hydrogens (tertiary/aromatic N) is 1. The molecule has 2 aromatic carbocycles. The number of rotatable bonds is 5. The monoisotopic (exact) mass is 327 g/mol. The van der Waals surface area contributed by atoms with Crippen LogP contribution in [-0.4, -0.2) is 10.8 Å². The minimum absolute atomic E-state index is 0.0733. The number of pyridine rings is 1. The lowest BCUT2D eigenvalue weighted by Crippen LogP contribution is -2.05. The number of carbonyl (C=O) groups is 1. The SMILES string of the molecule is CC=CCC(C(=O)c1ccccc1)=C(C)c1cccc2cccnc12. The number of aromatic nitrogens is 1. The van der Waals surface area contributed by atoms with Gasteiger partial charge in [0.25, 0.3) is 0 Å². The first-order valence-corrected chi connectivity index (χ1v) is 8.47. The zero-order chi connectivity index (χ0) is 17.6. The van der Waals surface area contributed by atoms with E-state index in [0.29, 0.717) is 6.42 Å². The summed E-state index contributed by atoms with van der Waals surface area (Å²) in [5, 5.41) is 1.08. The highest BCUT2D eigenvalue weighted by Crippen LogP contribution is 2.28. The summed E-state index contributed by atoms with van der Waals surface area (Å²) in [4.78, 5) is 17.6. The van der Waals surface area contributed by atoms with E-state index in [1.165, 1.54) is 0 Å². The van der Waals surface area contributed by atoms with E-state index in [0.717, 1.165) is 33.2 Å². The van der Waals surface area contributed by atoms with Crippen LogP contribution >= 0.6 is 0 Å². The minimum Gasteiger partial charge on any atom is -0.289 e. The van der Waals surface area contributed by atoms with Gasteiger partial charge in [-0.2, -0.15) is 0 Å². The normalized spacial score (nSPS) is 12.4. The van der Waals surface area contributed by atoms with E-state index >= 15 is 0 Å². The number of ketones is 1. The van der Waals surface area contributed by atoms with Crippen LogP contribution < -0.4 is 0 Å². The highest BCUT2D eigenvalue weighted by Gasteiger charge is 2.16. The van der Waals surface area contributed by atoms with Gasteiger partial charge in [0, 0.05) is 28.3 Å². The van der Waals surface area contributed by atoms with Gasteiger partial charge in [-0.1, -0.05) is 66.7 Å². The molecule has 0 fully saturated rings. The zero-order valence-corrected chi connectivity index (χ0v) is 14.6. The Bertz CT molecular complexity index is 947. The molecule has 0 amide bonds. The summed E-state index contributed by atoms with van der Waals surface area (Å²) >= 11 is 0. The van der Waals surface area contributed by atoms with Crippen LogP contribution in [0.25, 0.3) is 16.5 Å². The third-order valence-electron chi connectivity index (χ3n) is 4.36. The second-order valence-corrected chi connectivity index (χ2v) is 5.95. The van der Waals surface area contributed by atoms with Crippen LogP contribution in [0.2, 0.25) is 0 Å². The fraction of sp³-hybridized carbons (Fsp3) is 0.130. The van der Waals surface area contributed by atoms with Crippen molar-refractivity contribution in [2.45, 2.75) is 20.3 Å². The van der Waals surface area contributed by atoms with Crippen molar-refractivity contribution in [2.75, 3.05) is 0 Å². The molecule has 0 saturated heterocycles. The predicted molar refractivity (Wildman–Crippen MR) is 105 cm³/mol. The predicted octanol–water partition coefficient (Wildman–Crippen LogP) is 5.86. The quantitative estimate of drug-likeness (QED) is 0.334. The van der Waals surface area contributed by atoms with Crippen LogP contribution in [0.15, 0.2) is 84.6 Å².